The van der Waals surface area contributed by atoms with Crippen LogP contribution in [-0.4, -0.2) is 84.4 Å². The van der Waals surface area contributed by atoms with Crippen molar-refractivity contribution < 1.29 is 24.6 Å². The number of nitrogens with one attached hydrogen (secondary N) is 2. The number of aliphatic hydroxyl groups is 2. The van der Waals surface area contributed by atoms with Gasteiger partial charge in [-0.25, -0.2) is 0 Å². The number of nitrogens with zero attached hydrogens (tertiary/aromatic N) is 1. The predicted molar refractivity (Wildman–Crippen MR) is 158 cm³/mol. The van der Waals surface area contributed by atoms with Gasteiger partial charge in [0.05, 0.1) is 18.8 Å². The summed E-state index contributed by atoms with van der Waals surface area (Å²) in [6.07, 6.45) is 9.64. The standard InChI is InChI=1S/C33H57N3O5/c1-18-25-14-23(33(25,3)4)15-27(18)35-32(39)30-29(19(2)38)28(17-37)41-36(30)16-22-7-6-8-24(31(22)40-5)20-9-10-26-21(13-20)11-12-34-26/h18-31,34,37-38H,6-17H2,1-5H3,(H,35,39)/t18-,19-,20?,21?,22?,23+,24?,25-,26?,27-,28-,29+,30-,31?/m0/s1. The maximum absolute atomic E-state index is 14.1. The molecule has 7 fully saturated rings. The molecule has 2 bridgehead atoms. The van der Waals surface area contributed by atoms with E-state index < -0.39 is 24.2 Å². The Labute approximate surface area is 247 Å². The lowest BCUT2D eigenvalue weighted by atomic mass is 9.45. The van der Waals surface area contributed by atoms with Crippen LogP contribution in [0, 0.1) is 52.8 Å². The fourth-order valence-corrected chi connectivity index (χ4v) is 10.8. The molecule has 7 rings (SSSR count). The Morgan fingerprint density at radius 3 is 2.63 bits per heavy atom. The number of rotatable bonds is 8. The van der Waals surface area contributed by atoms with Gasteiger partial charge >= 0.3 is 0 Å². The van der Waals surface area contributed by atoms with Crippen molar-refractivity contribution in [3.05, 3.63) is 0 Å². The van der Waals surface area contributed by atoms with E-state index in [1.165, 1.54) is 44.9 Å². The molecule has 2 heterocycles. The van der Waals surface area contributed by atoms with Crippen LogP contribution in [0.3, 0.4) is 0 Å². The Balaban J connectivity index is 1.17. The number of methoxy groups -OCH3 is 1. The Hall–Kier alpha value is -0.770. The molecule has 1 amide bonds. The van der Waals surface area contributed by atoms with Gasteiger partial charge in [0, 0.05) is 37.6 Å². The van der Waals surface area contributed by atoms with Gasteiger partial charge in [-0.2, -0.15) is 5.06 Å². The summed E-state index contributed by atoms with van der Waals surface area (Å²) in [5.41, 5.74) is 0.355. The van der Waals surface area contributed by atoms with E-state index >= 15 is 0 Å². The predicted octanol–water partition coefficient (Wildman–Crippen LogP) is 3.36. The van der Waals surface area contributed by atoms with Crippen LogP contribution in [0.25, 0.3) is 0 Å². The van der Waals surface area contributed by atoms with Crippen LogP contribution in [0.1, 0.15) is 85.5 Å². The smallest absolute Gasteiger partial charge is 0.240 e. The average Bonchev–Trinajstić information content (AvgIpc) is 3.57. The Morgan fingerprint density at radius 2 is 1.95 bits per heavy atom. The normalized spacial score (nSPS) is 48.3. The van der Waals surface area contributed by atoms with Gasteiger partial charge < -0.3 is 25.6 Å². The third kappa shape index (κ3) is 5.41. The fourth-order valence-electron chi connectivity index (χ4n) is 10.8. The number of fused-ring (bicyclic) bond motifs is 3. The highest BCUT2D eigenvalue weighted by molar-refractivity contribution is 5.82. The van der Waals surface area contributed by atoms with Crippen molar-refractivity contribution in [2.75, 3.05) is 26.8 Å². The van der Waals surface area contributed by atoms with Gasteiger partial charge in [0.2, 0.25) is 5.91 Å². The summed E-state index contributed by atoms with van der Waals surface area (Å²) in [6, 6.07) is 0.235. The van der Waals surface area contributed by atoms with Crippen LogP contribution in [0.15, 0.2) is 0 Å². The number of ether oxygens (including phenoxy) is 1. The molecule has 234 valence electrons. The highest BCUT2D eigenvalue weighted by Crippen LogP contribution is 2.61. The van der Waals surface area contributed by atoms with E-state index in [1.807, 2.05) is 12.2 Å². The number of hydrogen-bond acceptors (Lipinski definition) is 7. The first kappa shape index (κ1) is 30.3. The summed E-state index contributed by atoms with van der Waals surface area (Å²) < 4.78 is 6.29. The Morgan fingerprint density at radius 1 is 1.15 bits per heavy atom. The second-order valence-electron chi connectivity index (χ2n) is 15.5. The quantitative estimate of drug-likeness (QED) is 0.352. The first-order chi connectivity index (χ1) is 19.6. The van der Waals surface area contributed by atoms with E-state index in [9.17, 15) is 15.0 Å². The first-order valence-corrected chi connectivity index (χ1v) is 16.9. The number of hydroxylamine groups is 2. The summed E-state index contributed by atoms with van der Waals surface area (Å²) in [5, 5.41) is 30.0. The zero-order valence-corrected chi connectivity index (χ0v) is 26.1. The summed E-state index contributed by atoms with van der Waals surface area (Å²) in [5.74, 6) is 3.47. The number of hydrogen-bond donors (Lipinski definition) is 4. The van der Waals surface area contributed by atoms with Crippen molar-refractivity contribution >= 4 is 5.91 Å². The first-order valence-electron chi connectivity index (χ1n) is 16.9. The Kier molecular flexibility index (Phi) is 8.83. The summed E-state index contributed by atoms with van der Waals surface area (Å²) in [4.78, 5) is 20.4. The molecule has 0 aromatic carbocycles. The third-order valence-electron chi connectivity index (χ3n) is 13.3. The van der Waals surface area contributed by atoms with Crippen molar-refractivity contribution in [3.8, 4) is 0 Å². The van der Waals surface area contributed by atoms with E-state index in [2.05, 4.69) is 31.4 Å². The molecule has 7 aliphatic rings. The number of carbonyl (C=O) groups is 1. The van der Waals surface area contributed by atoms with Crippen molar-refractivity contribution in [1.82, 2.24) is 15.7 Å². The molecule has 0 aromatic rings. The van der Waals surface area contributed by atoms with Crippen molar-refractivity contribution in [2.45, 2.75) is 122 Å². The zero-order valence-electron chi connectivity index (χ0n) is 26.1. The highest BCUT2D eigenvalue weighted by Gasteiger charge is 2.57. The van der Waals surface area contributed by atoms with Gasteiger partial charge in [0.25, 0.3) is 0 Å². The second kappa shape index (κ2) is 12.0. The monoisotopic (exact) mass is 575 g/mol. The SMILES string of the molecule is COC1C(CN2O[C@@H](CO)[C@@H]([C@H](C)O)[C@H]2C(=O)N[C@H]2C[C@H]3C[C@@H]([C@@H]2C)C3(C)C)CCCC1C1CCC2NCCC2C1. The lowest BCUT2D eigenvalue weighted by Crippen LogP contribution is -2.62. The molecule has 0 spiro atoms. The summed E-state index contributed by atoms with van der Waals surface area (Å²) >= 11 is 0. The van der Waals surface area contributed by atoms with Gasteiger partial charge in [-0.3, -0.25) is 9.63 Å². The topological polar surface area (TPSA) is 103 Å². The molecule has 2 aliphatic heterocycles. The largest absolute Gasteiger partial charge is 0.394 e. The van der Waals surface area contributed by atoms with Crippen molar-refractivity contribution in [3.63, 3.8) is 0 Å². The number of aliphatic hydroxyl groups excluding tert-OH is 2. The summed E-state index contributed by atoms with van der Waals surface area (Å²) in [7, 11) is 1.86. The minimum atomic E-state index is -0.767. The Bertz CT molecular complexity index is 931. The van der Waals surface area contributed by atoms with Crippen LogP contribution in [0.4, 0.5) is 0 Å². The molecule has 41 heavy (non-hydrogen) atoms. The number of carbonyl (C=O) groups excluding carboxylic acids is 1. The minimum Gasteiger partial charge on any atom is -0.394 e. The lowest BCUT2D eigenvalue weighted by molar-refractivity contribution is -0.193. The molecule has 14 atom stereocenters. The molecule has 5 saturated carbocycles. The fraction of sp³-hybridized carbons (Fsp3) is 0.970. The molecule has 4 N–H and O–H groups in total. The molecule has 8 nitrogen and oxygen atoms in total. The van der Waals surface area contributed by atoms with Gasteiger partial charge in [-0.1, -0.05) is 27.2 Å². The maximum Gasteiger partial charge on any atom is 0.240 e. The van der Waals surface area contributed by atoms with E-state index in [4.69, 9.17) is 9.57 Å². The van der Waals surface area contributed by atoms with Gasteiger partial charge in [0.15, 0.2) is 0 Å². The molecule has 0 radical (unpaired) electrons. The van der Waals surface area contributed by atoms with Crippen LogP contribution >= 0.6 is 0 Å². The molecule has 0 aromatic heterocycles. The van der Waals surface area contributed by atoms with Gasteiger partial charge in [-0.15, -0.1) is 0 Å². The third-order valence-corrected chi connectivity index (χ3v) is 13.3. The van der Waals surface area contributed by atoms with E-state index in [-0.39, 0.29) is 30.6 Å². The van der Waals surface area contributed by atoms with Crippen LogP contribution < -0.4 is 10.6 Å². The zero-order chi connectivity index (χ0) is 29.1. The van der Waals surface area contributed by atoms with Gasteiger partial charge in [-0.05, 0) is 106 Å². The van der Waals surface area contributed by atoms with E-state index in [0.717, 1.165) is 25.3 Å². The van der Waals surface area contributed by atoms with Crippen molar-refractivity contribution in [1.29, 1.82) is 0 Å². The second-order valence-corrected chi connectivity index (χ2v) is 15.5. The number of amides is 1. The van der Waals surface area contributed by atoms with Crippen LogP contribution in [0.2, 0.25) is 0 Å². The maximum atomic E-state index is 14.1. The lowest BCUT2D eigenvalue weighted by Gasteiger charge is -2.62. The molecule has 2 saturated heterocycles. The molecular formula is C33H57N3O5. The van der Waals surface area contributed by atoms with Crippen LogP contribution in [0.5, 0.6) is 0 Å². The van der Waals surface area contributed by atoms with E-state index in [0.29, 0.717) is 47.6 Å². The van der Waals surface area contributed by atoms with Gasteiger partial charge in [0.1, 0.15) is 12.1 Å². The molecular weight excluding hydrogens is 518 g/mol. The molecule has 6 unspecified atom stereocenters. The molecule has 5 aliphatic carbocycles. The van der Waals surface area contributed by atoms with Crippen LogP contribution in [-0.2, 0) is 14.4 Å². The highest BCUT2D eigenvalue weighted by atomic mass is 16.7. The minimum absolute atomic E-state index is 0.0591. The summed E-state index contributed by atoms with van der Waals surface area (Å²) in [6.45, 7) is 10.3. The average molecular weight is 576 g/mol. The van der Waals surface area contributed by atoms with Crippen molar-refractivity contribution in [2.24, 2.45) is 52.8 Å². The van der Waals surface area contributed by atoms with E-state index in [1.54, 1.807) is 6.92 Å². The molecule has 8 heteroatoms.